The third kappa shape index (κ3) is 4.42. The SMILES string of the molecule is CCc1cc(Cc2ccc(/N=C(\C)c3ccccc3O)c(CC)c2)ccc1N. The Morgan fingerprint density at radius 1 is 0.893 bits per heavy atom. The molecular weight excluding hydrogens is 344 g/mol. The van der Waals surface area contributed by atoms with Gasteiger partial charge in [0.1, 0.15) is 5.75 Å². The number of hydrogen-bond donors (Lipinski definition) is 2. The summed E-state index contributed by atoms with van der Waals surface area (Å²) in [5.74, 6) is 0.258. The van der Waals surface area contributed by atoms with Crippen LogP contribution < -0.4 is 5.73 Å². The minimum Gasteiger partial charge on any atom is -0.507 e. The van der Waals surface area contributed by atoms with Crippen molar-refractivity contribution in [1.82, 2.24) is 0 Å². The highest BCUT2D eigenvalue weighted by Crippen LogP contribution is 2.26. The molecule has 0 bridgehead atoms. The van der Waals surface area contributed by atoms with Gasteiger partial charge in [-0.05, 0) is 72.7 Å². The molecule has 28 heavy (non-hydrogen) atoms. The Hall–Kier alpha value is -3.07. The summed E-state index contributed by atoms with van der Waals surface area (Å²) < 4.78 is 0. The summed E-state index contributed by atoms with van der Waals surface area (Å²) in [5.41, 5.74) is 14.4. The summed E-state index contributed by atoms with van der Waals surface area (Å²) in [4.78, 5) is 4.79. The van der Waals surface area contributed by atoms with E-state index >= 15 is 0 Å². The normalized spacial score (nSPS) is 11.6. The van der Waals surface area contributed by atoms with Crippen LogP contribution in [0.2, 0.25) is 0 Å². The molecule has 0 aliphatic rings. The van der Waals surface area contributed by atoms with Gasteiger partial charge in [-0.15, -0.1) is 0 Å². The van der Waals surface area contributed by atoms with E-state index in [9.17, 15) is 5.11 Å². The Labute approximate surface area is 167 Å². The molecule has 0 heterocycles. The van der Waals surface area contributed by atoms with Gasteiger partial charge in [-0.3, -0.25) is 4.99 Å². The monoisotopic (exact) mass is 372 g/mol. The minimum absolute atomic E-state index is 0.258. The molecule has 0 unspecified atom stereocenters. The molecule has 3 heteroatoms. The summed E-state index contributed by atoms with van der Waals surface area (Å²) in [5, 5.41) is 10.1. The van der Waals surface area contributed by atoms with Crippen molar-refractivity contribution in [2.45, 2.75) is 40.0 Å². The fraction of sp³-hybridized carbons (Fsp3) is 0.240. The van der Waals surface area contributed by atoms with Crippen LogP contribution in [-0.4, -0.2) is 10.8 Å². The number of anilines is 1. The van der Waals surface area contributed by atoms with E-state index in [1.165, 1.54) is 22.3 Å². The standard InChI is InChI=1S/C25H28N2O/c1-4-20-15-18(10-12-23(20)26)14-19-11-13-24(21(5-2)16-19)27-17(3)22-8-6-7-9-25(22)28/h6-13,15-16,28H,4-5,14,26H2,1-3H3/b27-17+. The van der Waals surface area contributed by atoms with Crippen molar-refractivity contribution in [3.8, 4) is 5.75 Å². The number of nitrogens with two attached hydrogens (primary N) is 1. The van der Waals surface area contributed by atoms with Gasteiger partial charge in [0.15, 0.2) is 0 Å². The van der Waals surface area contributed by atoms with Crippen LogP contribution in [0.3, 0.4) is 0 Å². The molecular formula is C25H28N2O. The van der Waals surface area contributed by atoms with E-state index in [1.807, 2.05) is 31.2 Å². The fourth-order valence-corrected chi connectivity index (χ4v) is 3.47. The maximum Gasteiger partial charge on any atom is 0.124 e. The number of hydrogen-bond acceptors (Lipinski definition) is 3. The molecule has 3 N–H and O–H groups in total. The lowest BCUT2D eigenvalue weighted by atomic mass is 9.98. The van der Waals surface area contributed by atoms with E-state index in [-0.39, 0.29) is 5.75 Å². The molecule has 3 aromatic carbocycles. The number of rotatable bonds is 6. The van der Waals surface area contributed by atoms with Gasteiger partial charge in [0.2, 0.25) is 0 Å². The molecule has 3 nitrogen and oxygen atoms in total. The van der Waals surface area contributed by atoms with Crippen LogP contribution in [0.4, 0.5) is 11.4 Å². The van der Waals surface area contributed by atoms with Gasteiger partial charge in [-0.1, -0.05) is 50.2 Å². The number of aromatic hydroxyl groups is 1. The lowest BCUT2D eigenvalue weighted by Crippen LogP contribution is -1.97. The zero-order valence-electron chi connectivity index (χ0n) is 16.9. The first-order chi connectivity index (χ1) is 13.5. The van der Waals surface area contributed by atoms with Gasteiger partial charge in [-0.25, -0.2) is 0 Å². The number of benzene rings is 3. The predicted octanol–water partition coefficient (Wildman–Crippen LogP) is 5.83. The molecule has 0 atom stereocenters. The molecule has 0 fully saturated rings. The molecule has 144 valence electrons. The van der Waals surface area contributed by atoms with Crippen LogP contribution in [0.5, 0.6) is 5.75 Å². The van der Waals surface area contributed by atoms with Crippen LogP contribution in [0, 0.1) is 0 Å². The number of phenols is 1. The lowest BCUT2D eigenvalue weighted by molar-refractivity contribution is 0.474. The fourth-order valence-electron chi connectivity index (χ4n) is 3.47. The highest BCUT2D eigenvalue weighted by atomic mass is 16.3. The molecule has 0 aliphatic carbocycles. The number of para-hydroxylation sites is 1. The van der Waals surface area contributed by atoms with Crippen molar-refractivity contribution in [2.24, 2.45) is 4.99 Å². The first-order valence-electron chi connectivity index (χ1n) is 9.84. The number of nitrogens with zero attached hydrogens (tertiary/aromatic N) is 1. The van der Waals surface area contributed by atoms with Gasteiger partial charge in [0, 0.05) is 17.0 Å². The zero-order valence-corrected chi connectivity index (χ0v) is 16.9. The molecule has 0 spiro atoms. The molecule has 0 aromatic heterocycles. The summed E-state index contributed by atoms with van der Waals surface area (Å²) in [6, 6.07) is 20.1. The summed E-state index contributed by atoms with van der Waals surface area (Å²) in [6.45, 7) is 6.21. The topological polar surface area (TPSA) is 58.6 Å². The van der Waals surface area contributed by atoms with Gasteiger partial charge in [0.05, 0.1) is 5.69 Å². The predicted molar refractivity (Wildman–Crippen MR) is 119 cm³/mol. The second-order valence-electron chi connectivity index (χ2n) is 7.09. The molecule has 0 saturated carbocycles. The maximum absolute atomic E-state index is 10.1. The average Bonchev–Trinajstić information content (AvgIpc) is 2.70. The number of aliphatic imine (C=N–C) groups is 1. The van der Waals surface area contributed by atoms with Crippen molar-refractivity contribution in [2.75, 3.05) is 5.73 Å². The molecule has 3 rings (SSSR count). The van der Waals surface area contributed by atoms with Crippen molar-refractivity contribution in [3.63, 3.8) is 0 Å². The van der Waals surface area contributed by atoms with Crippen LogP contribution >= 0.6 is 0 Å². The van der Waals surface area contributed by atoms with Crippen molar-refractivity contribution in [1.29, 1.82) is 0 Å². The van der Waals surface area contributed by atoms with E-state index in [0.717, 1.165) is 41.9 Å². The number of aryl methyl sites for hydroxylation is 2. The molecule has 0 amide bonds. The Bertz CT molecular complexity index is 1010. The number of phenolic OH excluding ortho intramolecular Hbond substituents is 1. The van der Waals surface area contributed by atoms with Crippen molar-refractivity contribution in [3.05, 3.63) is 88.5 Å². The summed E-state index contributed by atoms with van der Waals surface area (Å²) in [7, 11) is 0. The minimum atomic E-state index is 0.258. The van der Waals surface area contributed by atoms with E-state index in [0.29, 0.717) is 0 Å². The Balaban J connectivity index is 1.88. The maximum atomic E-state index is 10.1. The number of nitrogen functional groups attached to an aromatic ring is 1. The Morgan fingerprint density at radius 2 is 1.54 bits per heavy atom. The molecule has 0 aliphatic heterocycles. The van der Waals surface area contributed by atoms with E-state index in [4.69, 9.17) is 10.7 Å². The third-order valence-corrected chi connectivity index (χ3v) is 5.10. The van der Waals surface area contributed by atoms with Crippen LogP contribution in [0.1, 0.15) is 48.6 Å². The molecule has 0 radical (unpaired) electrons. The first-order valence-corrected chi connectivity index (χ1v) is 9.84. The van der Waals surface area contributed by atoms with Gasteiger partial charge in [0.25, 0.3) is 0 Å². The largest absolute Gasteiger partial charge is 0.507 e. The zero-order chi connectivity index (χ0) is 20.1. The van der Waals surface area contributed by atoms with Crippen LogP contribution in [0.15, 0.2) is 65.7 Å². The highest BCUT2D eigenvalue weighted by Gasteiger charge is 2.08. The van der Waals surface area contributed by atoms with E-state index in [2.05, 4.69) is 44.2 Å². The van der Waals surface area contributed by atoms with Crippen LogP contribution in [-0.2, 0) is 19.3 Å². The van der Waals surface area contributed by atoms with Crippen molar-refractivity contribution < 1.29 is 5.11 Å². The smallest absolute Gasteiger partial charge is 0.124 e. The Kier molecular flexibility index (Phi) is 6.15. The van der Waals surface area contributed by atoms with Crippen molar-refractivity contribution >= 4 is 17.1 Å². The van der Waals surface area contributed by atoms with Crippen LogP contribution in [0.25, 0.3) is 0 Å². The first kappa shape index (κ1) is 19.7. The van der Waals surface area contributed by atoms with E-state index in [1.54, 1.807) is 6.07 Å². The third-order valence-electron chi connectivity index (χ3n) is 5.10. The molecule has 0 saturated heterocycles. The molecule has 3 aromatic rings. The second kappa shape index (κ2) is 8.75. The van der Waals surface area contributed by atoms with Gasteiger partial charge < -0.3 is 10.8 Å². The van der Waals surface area contributed by atoms with E-state index < -0.39 is 0 Å². The Morgan fingerprint density at radius 3 is 2.21 bits per heavy atom. The summed E-state index contributed by atoms with van der Waals surface area (Å²) in [6.07, 6.45) is 2.73. The van der Waals surface area contributed by atoms with Gasteiger partial charge in [-0.2, -0.15) is 0 Å². The summed E-state index contributed by atoms with van der Waals surface area (Å²) >= 11 is 0. The van der Waals surface area contributed by atoms with Gasteiger partial charge >= 0.3 is 0 Å². The highest BCUT2D eigenvalue weighted by molar-refractivity contribution is 6.02. The quantitative estimate of drug-likeness (QED) is 0.422. The second-order valence-corrected chi connectivity index (χ2v) is 7.09. The average molecular weight is 373 g/mol. The lowest BCUT2D eigenvalue weighted by Gasteiger charge is -2.11.